The van der Waals surface area contributed by atoms with E-state index in [0.29, 0.717) is 27.6 Å². The van der Waals surface area contributed by atoms with E-state index in [9.17, 15) is 14.7 Å². The molecule has 1 atom stereocenters. The molecule has 1 N–H and O–H groups in total. The summed E-state index contributed by atoms with van der Waals surface area (Å²) in [6.07, 6.45) is 0.000190. The molecule has 1 unspecified atom stereocenters. The van der Waals surface area contributed by atoms with E-state index in [2.05, 4.69) is 10.2 Å². The summed E-state index contributed by atoms with van der Waals surface area (Å²) in [5.74, 6) is -0.563. The Morgan fingerprint density at radius 2 is 1.67 bits per heavy atom. The number of aliphatic hydroxyl groups excluding tert-OH is 1. The van der Waals surface area contributed by atoms with E-state index in [1.165, 1.54) is 16.2 Å². The molecule has 33 heavy (non-hydrogen) atoms. The van der Waals surface area contributed by atoms with Gasteiger partial charge in [-0.25, -0.2) is 0 Å². The number of ketones is 1. The van der Waals surface area contributed by atoms with Crippen LogP contribution >= 0.6 is 11.3 Å². The van der Waals surface area contributed by atoms with Gasteiger partial charge in [-0.05, 0) is 62.7 Å². The van der Waals surface area contributed by atoms with E-state index in [-0.39, 0.29) is 22.6 Å². The molecule has 1 saturated heterocycles. The number of ether oxygens (including phenoxy) is 2. The van der Waals surface area contributed by atoms with Gasteiger partial charge in [-0.3, -0.25) is 14.5 Å². The van der Waals surface area contributed by atoms with Crippen LogP contribution in [-0.2, 0) is 9.59 Å². The maximum atomic E-state index is 13.1. The fourth-order valence-electron chi connectivity index (χ4n) is 3.63. The van der Waals surface area contributed by atoms with Crippen LogP contribution in [0.1, 0.15) is 36.0 Å². The van der Waals surface area contributed by atoms with Gasteiger partial charge in [0.25, 0.3) is 5.78 Å². The van der Waals surface area contributed by atoms with Gasteiger partial charge in [-0.1, -0.05) is 23.5 Å². The Morgan fingerprint density at radius 1 is 1.03 bits per heavy atom. The van der Waals surface area contributed by atoms with Gasteiger partial charge in [-0.2, -0.15) is 0 Å². The van der Waals surface area contributed by atoms with Crippen LogP contribution < -0.4 is 14.4 Å². The Balaban J connectivity index is 1.84. The molecule has 0 aliphatic carbocycles. The molecule has 1 fully saturated rings. The highest BCUT2D eigenvalue weighted by atomic mass is 32.1. The van der Waals surface area contributed by atoms with Gasteiger partial charge >= 0.3 is 5.91 Å². The number of hydrogen-bond acceptors (Lipinski definition) is 8. The van der Waals surface area contributed by atoms with Gasteiger partial charge in [-0.15, -0.1) is 10.2 Å². The van der Waals surface area contributed by atoms with E-state index in [4.69, 9.17) is 9.47 Å². The van der Waals surface area contributed by atoms with Crippen molar-refractivity contribution in [2.24, 2.45) is 0 Å². The Bertz CT molecular complexity index is 1220. The number of rotatable bonds is 6. The van der Waals surface area contributed by atoms with Crippen LogP contribution in [0.3, 0.4) is 0 Å². The predicted octanol–water partition coefficient (Wildman–Crippen LogP) is 4.27. The van der Waals surface area contributed by atoms with Gasteiger partial charge in [0.2, 0.25) is 5.13 Å². The molecule has 4 rings (SSSR count). The number of carbonyl (C=O) groups excluding carboxylic acids is 2. The molecule has 3 aromatic rings. The van der Waals surface area contributed by atoms with Crippen LogP contribution in [-0.4, -0.2) is 40.2 Å². The molecule has 170 valence electrons. The van der Waals surface area contributed by atoms with Crippen LogP contribution in [0.25, 0.3) is 5.76 Å². The molecule has 1 amide bonds. The number of aryl methyl sites for hydroxylation is 1. The smallest absolute Gasteiger partial charge is 0.301 e. The molecule has 0 saturated carbocycles. The molecular weight excluding hydrogens is 442 g/mol. The first-order valence-electron chi connectivity index (χ1n) is 10.3. The second-order valence-electron chi connectivity index (χ2n) is 7.74. The minimum absolute atomic E-state index is 0.000190. The third-order valence-corrected chi connectivity index (χ3v) is 5.93. The highest BCUT2D eigenvalue weighted by Crippen LogP contribution is 2.43. The lowest BCUT2D eigenvalue weighted by Gasteiger charge is -2.22. The minimum Gasteiger partial charge on any atom is -0.507 e. The Morgan fingerprint density at radius 3 is 2.21 bits per heavy atom. The number of nitrogens with zero attached hydrogens (tertiary/aromatic N) is 3. The zero-order chi connectivity index (χ0) is 23.7. The molecule has 1 aliphatic heterocycles. The Hall–Kier alpha value is -3.72. The van der Waals surface area contributed by atoms with Crippen LogP contribution in [0.4, 0.5) is 5.13 Å². The zero-order valence-electron chi connectivity index (χ0n) is 18.6. The Labute approximate surface area is 195 Å². The summed E-state index contributed by atoms with van der Waals surface area (Å²) in [7, 11) is 1.55. The molecule has 2 heterocycles. The summed E-state index contributed by atoms with van der Waals surface area (Å²) in [5, 5.41) is 20.2. The number of anilines is 1. The zero-order valence-corrected chi connectivity index (χ0v) is 19.4. The van der Waals surface area contributed by atoms with Gasteiger partial charge in [0, 0.05) is 5.56 Å². The van der Waals surface area contributed by atoms with E-state index in [1.54, 1.807) is 62.6 Å². The van der Waals surface area contributed by atoms with Crippen molar-refractivity contribution in [2.45, 2.75) is 32.9 Å². The van der Waals surface area contributed by atoms with Crippen LogP contribution in [0.2, 0.25) is 0 Å². The SMILES string of the molecule is COc1ccc(C2C(=C(O)c3ccc(OC(C)C)cc3)C(=O)C(=O)N2c2nnc(C)s2)cc1. The number of benzene rings is 2. The first kappa shape index (κ1) is 22.5. The number of aliphatic hydroxyl groups is 1. The van der Waals surface area contributed by atoms with Gasteiger partial charge in [0.1, 0.15) is 22.3 Å². The molecule has 1 aromatic heterocycles. The lowest BCUT2D eigenvalue weighted by Crippen LogP contribution is -2.29. The summed E-state index contributed by atoms with van der Waals surface area (Å²) < 4.78 is 10.9. The molecule has 0 bridgehead atoms. The number of amides is 1. The van der Waals surface area contributed by atoms with Crippen molar-refractivity contribution in [1.29, 1.82) is 0 Å². The lowest BCUT2D eigenvalue weighted by atomic mass is 9.95. The fourth-order valence-corrected chi connectivity index (χ4v) is 4.35. The average Bonchev–Trinajstić information content (AvgIpc) is 3.34. The summed E-state index contributed by atoms with van der Waals surface area (Å²) in [6, 6.07) is 12.8. The summed E-state index contributed by atoms with van der Waals surface area (Å²) in [6.45, 7) is 5.60. The van der Waals surface area contributed by atoms with Crippen molar-refractivity contribution >= 4 is 33.9 Å². The summed E-state index contributed by atoms with van der Waals surface area (Å²) >= 11 is 1.20. The van der Waals surface area contributed by atoms with Gasteiger partial charge in [0.05, 0.1) is 24.8 Å². The largest absolute Gasteiger partial charge is 0.507 e. The van der Waals surface area contributed by atoms with E-state index < -0.39 is 17.7 Å². The van der Waals surface area contributed by atoms with Crippen molar-refractivity contribution in [3.63, 3.8) is 0 Å². The summed E-state index contributed by atoms with van der Waals surface area (Å²) in [4.78, 5) is 27.5. The fraction of sp³-hybridized carbons (Fsp3) is 0.250. The topological polar surface area (TPSA) is 102 Å². The minimum atomic E-state index is -0.866. The van der Waals surface area contributed by atoms with E-state index in [0.717, 1.165) is 0 Å². The predicted molar refractivity (Wildman–Crippen MR) is 125 cm³/mol. The van der Waals surface area contributed by atoms with Crippen LogP contribution in [0, 0.1) is 6.92 Å². The molecule has 0 radical (unpaired) electrons. The normalized spacial score (nSPS) is 17.6. The lowest BCUT2D eigenvalue weighted by molar-refractivity contribution is -0.132. The Kier molecular flexibility index (Phi) is 6.15. The second kappa shape index (κ2) is 9.03. The number of methoxy groups -OCH3 is 1. The van der Waals surface area contributed by atoms with E-state index >= 15 is 0 Å². The highest BCUT2D eigenvalue weighted by molar-refractivity contribution is 7.15. The third kappa shape index (κ3) is 4.31. The van der Waals surface area contributed by atoms with Crippen molar-refractivity contribution < 1.29 is 24.2 Å². The quantitative estimate of drug-likeness (QED) is 0.329. The monoisotopic (exact) mass is 465 g/mol. The number of hydrogen-bond donors (Lipinski definition) is 1. The van der Waals surface area contributed by atoms with Crippen molar-refractivity contribution in [1.82, 2.24) is 10.2 Å². The van der Waals surface area contributed by atoms with Gasteiger partial charge in [0.15, 0.2) is 0 Å². The second-order valence-corrected chi connectivity index (χ2v) is 8.90. The molecule has 1 aliphatic rings. The molecular formula is C24H23N3O5S. The third-order valence-electron chi connectivity index (χ3n) is 5.10. The molecule has 9 heteroatoms. The first-order valence-corrected chi connectivity index (χ1v) is 11.1. The number of aromatic nitrogens is 2. The molecule has 2 aromatic carbocycles. The summed E-state index contributed by atoms with van der Waals surface area (Å²) in [5.41, 5.74) is 1.01. The van der Waals surface area contributed by atoms with Crippen molar-refractivity contribution in [2.75, 3.05) is 12.0 Å². The average molecular weight is 466 g/mol. The highest BCUT2D eigenvalue weighted by Gasteiger charge is 2.48. The first-order chi connectivity index (χ1) is 15.8. The van der Waals surface area contributed by atoms with Crippen molar-refractivity contribution in [3.05, 3.63) is 70.2 Å². The number of Topliss-reactive ketones (excluding diaryl/α,β-unsaturated/α-hetero) is 1. The van der Waals surface area contributed by atoms with Crippen LogP contribution in [0.5, 0.6) is 11.5 Å². The maximum absolute atomic E-state index is 13.1. The van der Waals surface area contributed by atoms with Crippen molar-refractivity contribution in [3.8, 4) is 11.5 Å². The van der Waals surface area contributed by atoms with Crippen LogP contribution in [0.15, 0.2) is 54.1 Å². The maximum Gasteiger partial charge on any atom is 0.301 e. The standard InChI is InChI=1S/C24H23N3O5S/c1-13(2)32-18-11-7-16(8-12-18)21(28)19-20(15-5-9-17(31-4)10-6-15)27(23(30)22(19)29)24-26-25-14(3)33-24/h5-13,20,28H,1-4H3. The molecule has 0 spiro atoms. The number of carbonyl (C=O) groups is 2. The van der Waals surface area contributed by atoms with E-state index in [1.807, 2.05) is 13.8 Å². The van der Waals surface area contributed by atoms with Gasteiger partial charge < -0.3 is 14.6 Å². The molecule has 8 nitrogen and oxygen atoms in total.